The van der Waals surface area contributed by atoms with Crippen molar-refractivity contribution in [2.75, 3.05) is 19.7 Å². The normalized spacial score (nSPS) is 14.3. The molecule has 13 N–H and O–H groups in total. The first kappa shape index (κ1) is 32.0. The van der Waals surface area contributed by atoms with Gasteiger partial charge in [-0.2, -0.15) is 0 Å². The molecule has 0 aliphatic rings. The van der Waals surface area contributed by atoms with E-state index in [-0.39, 0.29) is 37.7 Å². The summed E-state index contributed by atoms with van der Waals surface area (Å²) in [5, 5.41) is 25.7. The Balaban J connectivity index is 5.52. The zero-order valence-corrected chi connectivity index (χ0v) is 20.5. The maximum absolute atomic E-state index is 13.1. The Kier molecular flexibility index (Phi) is 16.0. The molecule has 0 aromatic carbocycles. The number of unbranched alkanes of at least 4 members (excludes halogenated alkanes) is 1. The average molecular weight is 503 g/mol. The Labute approximate surface area is 205 Å². The van der Waals surface area contributed by atoms with Gasteiger partial charge in [-0.3, -0.25) is 19.4 Å². The first-order chi connectivity index (χ1) is 16.4. The van der Waals surface area contributed by atoms with Gasteiger partial charge in [0.1, 0.15) is 18.1 Å². The molecule has 0 spiro atoms. The van der Waals surface area contributed by atoms with Crippen LogP contribution in [0.15, 0.2) is 4.99 Å². The Morgan fingerprint density at radius 3 is 1.83 bits per heavy atom. The van der Waals surface area contributed by atoms with Gasteiger partial charge in [-0.25, -0.2) is 4.79 Å². The zero-order chi connectivity index (χ0) is 27.0. The smallest absolute Gasteiger partial charge is 0.328 e. The Hall–Kier alpha value is -2.97. The van der Waals surface area contributed by atoms with E-state index in [0.29, 0.717) is 25.8 Å². The molecule has 0 radical (unpaired) electrons. The van der Waals surface area contributed by atoms with Crippen LogP contribution in [0.25, 0.3) is 0 Å². The molecule has 0 saturated heterocycles. The summed E-state index contributed by atoms with van der Waals surface area (Å²) in [7, 11) is 0. The second kappa shape index (κ2) is 17.5. The quantitative estimate of drug-likeness (QED) is 0.0523. The number of guanidine groups is 1. The number of hydrogen-bond donors (Lipinski definition) is 9. The van der Waals surface area contributed by atoms with Crippen LogP contribution in [0.2, 0.25) is 0 Å². The summed E-state index contributed by atoms with van der Waals surface area (Å²) in [6.45, 7) is 3.58. The molecule has 0 heterocycles. The largest absolute Gasteiger partial charge is 0.480 e. The maximum Gasteiger partial charge on any atom is 0.328 e. The van der Waals surface area contributed by atoms with Gasteiger partial charge in [0, 0.05) is 6.54 Å². The molecule has 0 aliphatic heterocycles. The SMILES string of the molecule is CC(C)CC(N)C(=O)NC(CCCCN)C(=O)NC(CCCN=C(N)N)C(=O)NC(CO)C(=O)O. The predicted octanol–water partition coefficient (Wildman–Crippen LogP) is -2.93. The molecule has 0 aliphatic carbocycles. The van der Waals surface area contributed by atoms with Gasteiger partial charge in [-0.1, -0.05) is 13.8 Å². The standard InChI is InChI=1S/C21H42N8O6/c1-12(2)10-13(23)17(31)27-14(6-3-4-8-22)18(32)28-15(7-5-9-26-21(24)25)19(33)29-16(11-30)20(34)35/h12-16,30H,3-11,22-23H2,1-2H3,(H,27,31)(H,28,32)(H,29,33)(H,34,35)(H4,24,25,26). The average Bonchev–Trinajstić information content (AvgIpc) is 2.77. The number of aliphatic carboxylic acids is 1. The number of aliphatic hydroxyl groups excluding tert-OH is 1. The molecule has 0 rings (SSSR count). The molecule has 14 nitrogen and oxygen atoms in total. The highest BCUT2D eigenvalue weighted by Crippen LogP contribution is 2.07. The third-order valence-electron chi connectivity index (χ3n) is 5.02. The fourth-order valence-electron chi connectivity index (χ4n) is 3.16. The fraction of sp³-hybridized carbons (Fsp3) is 0.762. The summed E-state index contributed by atoms with van der Waals surface area (Å²) >= 11 is 0. The highest BCUT2D eigenvalue weighted by Gasteiger charge is 2.30. The molecular formula is C21H42N8O6. The van der Waals surface area contributed by atoms with Gasteiger partial charge in [0.15, 0.2) is 5.96 Å². The van der Waals surface area contributed by atoms with Crippen molar-refractivity contribution in [2.45, 2.75) is 76.5 Å². The Morgan fingerprint density at radius 2 is 1.37 bits per heavy atom. The molecule has 202 valence electrons. The van der Waals surface area contributed by atoms with Gasteiger partial charge in [0.05, 0.1) is 12.6 Å². The number of nitrogens with one attached hydrogen (secondary N) is 3. The number of aliphatic imine (C=N–C) groups is 1. The van der Waals surface area contributed by atoms with Gasteiger partial charge < -0.3 is 49.1 Å². The van der Waals surface area contributed by atoms with Gasteiger partial charge in [-0.05, 0) is 51.0 Å². The van der Waals surface area contributed by atoms with E-state index in [2.05, 4.69) is 20.9 Å². The van der Waals surface area contributed by atoms with E-state index >= 15 is 0 Å². The summed E-state index contributed by atoms with van der Waals surface area (Å²) in [5.74, 6) is -3.34. The van der Waals surface area contributed by atoms with E-state index in [0.717, 1.165) is 0 Å². The third-order valence-corrected chi connectivity index (χ3v) is 5.02. The lowest BCUT2D eigenvalue weighted by molar-refractivity contribution is -0.143. The number of rotatable bonds is 18. The molecule has 3 amide bonds. The minimum absolute atomic E-state index is 0.0719. The molecule has 35 heavy (non-hydrogen) atoms. The monoisotopic (exact) mass is 502 g/mol. The fourth-order valence-corrected chi connectivity index (χ4v) is 3.16. The molecule has 0 aromatic heterocycles. The second-order valence-electron chi connectivity index (χ2n) is 8.67. The zero-order valence-electron chi connectivity index (χ0n) is 20.5. The molecule has 0 aromatic rings. The van der Waals surface area contributed by atoms with Gasteiger partial charge in [-0.15, -0.1) is 0 Å². The van der Waals surface area contributed by atoms with Gasteiger partial charge in [0.2, 0.25) is 17.7 Å². The number of carboxylic acid groups (broad SMARTS) is 1. The van der Waals surface area contributed by atoms with Crippen LogP contribution in [-0.4, -0.2) is 83.7 Å². The Morgan fingerprint density at radius 1 is 0.857 bits per heavy atom. The lowest BCUT2D eigenvalue weighted by atomic mass is 10.0. The molecule has 4 unspecified atom stereocenters. The predicted molar refractivity (Wildman–Crippen MR) is 131 cm³/mol. The summed E-state index contributed by atoms with van der Waals surface area (Å²) in [5.41, 5.74) is 22.0. The first-order valence-corrected chi connectivity index (χ1v) is 11.7. The topological polar surface area (TPSA) is 261 Å². The number of aliphatic hydroxyl groups is 1. The van der Waals surface area contributed by atoms with E-state index in [4.69, 9.17) is 28.0 Å². The van der Waals surface area contributed by atoms with Crippen molar-refractivity contribution in [1.29, 1.82) is 0 Å². The minimum Gasteiger partial charge on any atom is -0.480 e. The van der Waals surface area contributed by atoms with Crippen molar-refractivity contribution in [3.8, 4) is 0 Å². The minimum atomic E-state index is -1.55. The summed E-state index contributed by atoms with van der Waals surface area (Å²) in [6, 6.07) is -4.50. The van der Waals surface area contributed by atoms with Crippen molar-refractivity contribution in [3.63, 3.8) is 0 Å². The maximum atomic E-state index is 13.1. The van der Waals surface area contributed by atoms with E-state index in [1.54, 1.807) is 0 Å². The number of amides is 3. The number of nitrogens with two attached hydrogens (primary N) is 4. The van der Waals surface area contributed by atoms with Crippen molar-refractivity contribution < 1.29 is 29.4 Å². The third kappa shape index (κ3) is 14.1. The lowest BCUT2D eigenvalue weighted by Gasteiger charge is -2.25. The number of nitrogens with zero attached hydrogens (tertiary/aromatic N) is 1. The highest BCUT2D eigenvalue weighted by molar-refractivity contribution is 5.94. The highest BCUT2D eigenvalue weighted by atomic mass is 16.4. The van der Waals surface area contributed by atoms with Crippen molar-refractivity contribution in [1.82, 2.24) is 16.0 Å². The van der Waals surface area contributed by atoms with Crippen LogP contribution < -0.4 is 38.9 Å². The number of carbonyl (C=O) groups excluding carboxylic acids is 3. The van der Waals surface area contributed by atoms with E-state index in [1.807, 2.05) is 13.8 Å². The van der Waals surface area contributed by atoms with Crippen LogP contribution in [0, 0.1) is 5.92 Å². The van der Waals surface area contributed by atoms with Crippen LogP contribution in [-0.2, 0) is 19.2 Å². The van der Waals surface area contributed by atoms with E-state index in [1.165, 1.54) is 0 Å². The van der Waals surface area contributed by atoms with Crippen LogP contribution in [0.4, 0.5) is 0 Å². The summed E-state index contributed by atoms with van der Waals surface area (Å²) < 4.78 is 0. The van der Waals surface area contributed by atoms with E-state index < -0.39 is 54.5 Å². The molecule has 4 atom stereocenters. The van der Waals surface area contributed by atoms with Crippen LogP contribution in [0.1, 0.15) is 52.4 Å². The van der Waals surface area contributed by atoms with Crippen LogP contribution in [0.3, 0.4) is 0 Å². The molecule has 0 fully saturated rings. The molecule has 0 saturated carbocycles. The lowest BCUT2D eigenvalue weighted by Crippen LogP contribution is -2.57. The van der Waals surface area contributed by atoms with Crippen molar-refractivity contribution >= 4 is 29.7 Å². The molecular weight excluding hydrogens is 460 g/mol. The van der Waals surface area contributed by atoms with Crippen LogP contribution in [0.5, 0.6) is 0 Å². The number of hydrogen-bond acceptors (Lipinski definition) is 8. The van der Waals surface area contributed by atoms with Crippen LogP contribution >= 0.6 is 0 Å². The summed E-state index contributed by atoms with van der Waals surface area (Å²) in [4.78, 5) is 53.3. The number of carbonyl (C=O) groups is 4. The molecule has 0 bridgehead atoms. The Bertz CT molecular complexity index is 714. The van der Waals surface area contributed by atoms with Gasteiger partial charge >= 0.3 is 5.97 Å². The number of carboxylic acids is 1. The van der Waals surface area contributed by atoms with E-state index in [9.17, 15) is 24.3 Å². The summed E-state index contributed by atoms with van der Waals surface area (Å²) in [6.07, 6.45) is 2.22. The van der Waals surface area contributed by atoms with Gasteiger partial charge in [0.25, 0.3) is 0 Å². The first-order valence-electron chi connectivity index (χ1n) is 11.7. The van der Waals surface area contributed by atoms with Crippen molar-refractivity contribution in [3.05, 3.63) is 0 Å². The van der Waals surface area contributed by atoms with Crippen molar-refractivity contribution in [2.24, 2.45) is 33.8 Å². The second-order valence-corrected chi connectivity index (χ2v) is 8.67. The molecule has 14 heteroatoms.